The number of hydrogen-bond acceptors (Lipinski definition) is 6. The van der Waals surface area contributed by atoms with Crippen LogP contribution < -0.4 is 4.74 Å². The standard InChI is InChI=1S/C22H17N3O4S/c1-25-21-16(12-11-14-7-6-10-17(29-2)19(14)21)20(24-25)22(26)18(13-23)30(27,28)15-8-4-3-5-9-15/h3-12,18H,1-2H3. The van der Waals surface area contributed by atoms with E-state index in [0.717, 1.165) is 10.8 Å². The summed E-state index contributed by atoms with van der Waals surface area (Å²) in [6, 6.07) is 18.2. The molecule has 0 radical (unpaired) electrons. The van der Waals surface area contributed by atoms with Crippen LogP contribution in [0.1, 0.15) is 10.5 Å². The molecule has 0 aliphatic carbocycles. The number of rotatable bonds is 5. The SMILES string of the molecule is COc1cccc2ccc3c(C(=O)C(C#N)S(=O)(=O)c4ccccc4)nn(C)c3c12. The van der Waals surface area contributed by atoms with Gasteiger partial charge in [-0.25, -0.2) is 8.42 Å². The molecule has 4 aromatic rings. The van der Waals surface area contributed by atoms with Gasteiger partial charge in [-0.1, -0.05) is 36.4 Å². The van der Waals surface area contributed by atoms with Crippen molar-refractivity contribution < 1.29 is 17.9 Å². The van der Waals surface area contributed by atoms with Crippen LogP contribution in [0.15, 0.2) is 65.6 Å². The average Bonchev–Trinajstić information content (AvgIpc) is 3.11. The number of methoxy groups -OCH3 is 1. The van der Waals surface area contributed by atoms with E-state index in [4.69, 9.17) is 4.74 Å². The first-order valence-corrected chi connectivity index (χ1v) is 10.6. The second-order valence-electron chi connectivity index (χ2n) is 6.72. The molecule has 0 fully saturated rings. The predicted octanol–water partition coefficient (Wildman–Crippen LogP) is 3.28. The van der Waals surface area contributed by atoms with Crippen molar-refractivity contribution in [2.24, 2.45) is 7.05 Å². The van der Waals surface area contributed by atoms with Crippen molar-refractivity contribution in [1.82, 2.24) is 9.78 Å². The highest BCUT2D eigenvalue weighted by atomic mass is 32.2. The number of fused-ring (bicyclic) bond motifs is 3. The number of sulfone groups is 1. The van der Waals surface area contributed by atoms with Gasteiger partial charge in [0.2, 0.25) is 20.9 Å². The van der Waals surface area contributed by atoms with Crippen LogP contribution in [0.2, 0.25) is 0 Å². The molecule has 0 spiro atoms. The third kappa shape index (κ3) is 2.91. The molecule has 0 saturated heterocycles. The Bertz CT molecular complexity index is 1430. The molecule has 0 aliphatic rings. The summed E-state index contributed by atoms with van der Waals surface area (Å²) in [6.07, 6.45) is 0. The Morgan fingerprint density at radius 1 is 1.10 bits per heavy atom. The summed E-state index contributed by atoms with van der Waals surface area (Å²) in [5, 5.41) is 14.1. The van der Waals surface area contributed by atoms with Gasteiger partial charge in [0.15, 0.2) is 0 Å². The fraction of sp³-hybridized carbons (Fsp3) is 0.136. The van der Waals surface area contributed by atoms with Gasteiger partial charge in [0.1, 0.15) is 11.4 Å². The molecule has 0 saturated carbocycles. The van der Waals surface area contributed by atoms with Crippen LogP contribution in [0.3, 0.4) is 0 Å². The van der Waals surface area contributed by atoms with Crippen molar-refractivity contribution in [3.05, 3.63) is 66.4 Å². The molecular formula is C22H17N3O4S. The fourth-order valence-electron chi connectivity index (χ4n) is 3.60. The Labute approximate surface area is 173 Å². The average molecular weight is 419 g/mol. The van der Waals surface area contributed by atoms with Crippen molar-refractivity contribution in [1.29, 1.82) is 5.26 Å². The maximum absolute atomic E-state index is 13.2. The number of carbonyl (C=O) groups is 1. The summed E-state index contributed by atoms with van der Waals surface area (Å²) in [5.41, 5.74) is 0.563. The lowest BCUT2D eigenvalue weighted by atomic mass is 10.0. The number of aryl methyl sites for hydroxylation is 1. The van der Waals surface area contributed by atoms with E-state index in [-0.39, 0.29) is 10.6 Å². The molecule has 0 amide bonds. The quantitative estimate of drug-likeness (QED) is 0.460. The molecule has 7 nitrogen and oxygen atoms in total. The third-order valence-corrected chi connectivity index (χ3v) is 6.87. The molecule has 3 aromatic carbocycles. The first kappa shape index (κ1) is 19.6. The zero-order valence-electron chi connectivity index (χ0n) is 16.2. The molecule has 0 N–H and O–H groups in total. The fourth-order valence-corrected chi connectivity index (χ4v) is 4.94. The van der Waals surface area contributed by atoms with E-state index in [1.54, 1.807) is 50.6 Å². The van der Waals surface area contributed by atoms with Gasteiger partial charge in [-0.3, -0.25) is 9.48 Å². The predicted molar refractivity (Wildman–Crippen MR) is 112 cm³/mol. The number of ether oxygens (including phenoxy) is 1. The van der Waals surface area contributed by atoms with Gasteiger partial charge < -0.3 is 4.74 Å². The maximum Gasteiger partial charge on any atom is 0.216 e. The van der Waals surface area contributed by atoms with Crippen LogP contribution in [-0.2, 0) is 16.9 Å². The Hall–Kier alpha value is -3.70. The van der Waals surface area contributed by atoms with Crippen molar-refractivity contribution in [3.63, 3.8) is 0 Å². The number of Topliss-reactive ketones (excluding diaryl/α,β-unsaturated/α-hetero) is 1. The van der Waals surface area contributed by atoms with Crippen LogP contribution in [-0.4, -0.2) is 36.3 Å². The van der Waals surface area contributed by atoms with Gasteiger partial charge in [0.05, 0.1) is 23.6 Å². The summed E-state index contributed by atoms with van der Waals surface area (Å²) < 4.78 is 32.8. The topological polar surface area (TPSA) is 102 Å². The molecule has 8 heteroatoms. The summed E-state index contributed by atoms with van der Waals surface area (Å²) in [6.45, 7) is 0. The van der Waals surface area contributed by atoms with Gasteiger partial charge in [-0.15, -0.1) is 0 Å². The summed E-state index contributed by atoms with van der Waals surface area (Å²) >= 11 is 0. The van der Waals surface area contributed by atoms with E-state index >= 15 is 0 Å². The van der Waals surface area contributed by atoms with Gasteiger partial charge in [0, 0.05) is 17.8 Å². The molecule has 30 heavy (non-hydrogen) atoms. The summed E-state index contributed by atoms with van der Waals surface area (Å²) in [4.78, 5) is 13.1. The first-order chi connectivity index (χ1) is 14.4. The molecule has 1 atom stereocenters. The smallest absolute Gasteiger partial charge is 0.216 e. The van der Waals surface area contributed by atoms with Crippen LogP contribution in [0.4, 0.5) is 0 Å². The molecule has 1 unspecified atom stereocenters. The van der Waals surface area contributed by atoms with E-state index in [0.29, 0.717) is 16.7 Å². The second-order valence-corrected chi connectivity index (χ2v) is 8.76. The third-order valence-electron chi connectivity index (χ3n) is 5.00. The van der Waals surface area contributed by atoms with Gasteiger partial charge >= 0.3 is 0 Å². The molecule has 1 heterocycles. The van der Waals surface area contributed by atoms with E-state index in [2.05, 4.69) is 5.10 Å². The number of hydrogen-bond donors (Lipinski definition) is 0. The Kier molecular flexibility index (Phi) is 4.76. The van der Waals surface area contributed by atoms with Crippen molar-refractivity contribution >= 4 is 37.3 Å². The summed E-state index contributed by atoms with van der Waals surface area (Å²) in [7, 11) is -0.983. The molecule has 4 rings (SSSR count). The number of nitriles is 1. The van der Waals surface area contributed by atoms with Crippen molar-refractivity contribution in [2.75, 3.05) is 7.11 Å². The molecular weight excluding hydrogens is 402 g/mol. The lowest BCUT2D eigenvalue weighted by molar-refractivity contribution is 0.0996. The lowest BCUT2D eigenvalue weighted by Gasteiger charge is -2.09. The van der Waals surface area contributed by atoms with Gasteiger partial charge in [-0.05, 0) is 29.7 Å². The number of benzene rings is 3. The number of nitrogens with zero attached hydrogens (tertiary/aromatic N) is 3. The van der Waals surface area contributed by atoms with E-state index in [1.165, 1.54) is 16.8 Å². The first-order valence-electron chi connectivity index (χ1n) is 9.05. The highest BCUT2D eigenvalue weighted by molar-refractivity contribution is 7.93. The normalized spacial score (nSPS) is 12.6. The largest absolute Gasteiger partial charge is 0.496 e. The minimum absolute atomic E-state index is 0.0636. The Balaban J connectivity index is 1.92. The van der Waals surface area contributed by atoms with Gasteiger partial charge in [-0.2, -0.15) is 10.4 Å². The zero-order valence-corrected chi connectivity index (χ0v) is 17.1. The summed E-state index contributed by atoms with van der Waals surface area (Å²) in [5.74, 6) is -0.255. The van der Waals surface area contributed by atoms with Crippen molar-refractivity contribution in [2.45, 2.75) is 10.1 Å². The molecule has 150 valence electrons. The van der Waals surface area contributed by atoms with Gasteiger partial charge in [0.25, 0.3) is 0 Å². The maximum atomic E-state index is 13.2. The van der Waals surface area contributed by atoms with Crippen LogP contribution in [0, 0.1) is 11.3 Å². The Morgan fingerprint density at radius 3 is 2.50 bits per heavy atom. The Morgan fingerprint density at radius 2 is 1.83 bits per heavy atom. The zero-order chi connectivity index (χ0) is 21.5. The number of aromatic nitrogens is 2. The number of carbonyl (C=O) groups excluding carboxylic acids is 1. The molecule has 0 aliphatic heterocycles. The van der Waals surface area contributed by atoms with Crippen LogP contribution in [0.25, 0.3) is 21.7 Å². The minimum Gasteiger partial charge on any atom is -0.496 e. The minimum atomic E-state index is -4.20. The highest BCUT2D eigenvalue weighted by Gasteiger charge is 2.37. The lowest BCUT2D eigenvalue weighted by Crippen LogP contribution is -2.29. The van der Waals surface area contributed by atoms with Crippen molar-refractivity contribution in [3.8, 4) is 11.8 Å². The molecule has 1 aromatic heterocycles. The van der Waals surface area contributed by atoms with E-state index in [1.807, 2.05) is 18.2 Å². The van der Waals surface area contributed by atoms with E-state index in [9.17, 15) is 18.5 Å². The number of ketones is 1. The van der Waals surface area contributed by atoms with Crippen LogP contribution in [0.5, 0.6) is 5.75 Å². The monoisotopic (exact) mass is 419 g/mol. The molecule has 0 bridgehead atoms. The van der Waals surface area contributed by atoms with E-state index < -0.39 is 20.9 Å². The van der Waals surface area contributed by atoms with Crippen LogP contribution >= 0.6 is 0 Å². The second kappa shape index (κ2) is 7.28. The highest BCUT2D eigenvalue weighted by Crippen LogP contribution is 2.34.